The Kier molecular flexibility index (Phi) is 3.27. The highest BCUT2D eigenvalue weighted by atomic mass is 79.9. The Morgan fingerprint density at radius 3 is 3.00 bits per heavy atom. The van der Waals surface area contributed by atoms with E-state index in [1.807, 2.05) is 18.6 Å². The fourth-order valence-corrected chi connectivity index (χ4v) is 1.76. The molecule has 78 valence electrons. The number of hydrogen-bond donors (Lipinski definition) is 1. The van der Waals surface area contributed by atoms with Crippen LogP contribution in [0.1, 0.15) is 10.6 Å². The van der Waals surface area contributed by atoms with Gasteiger partial charge in [-0.2, -0.15) is 0 Å². The van der Waals surface area contributed by atoms with Gasteiger partial charge in [0.1, 0.15) is 0 Å². The number of hydrogen-bond acceptors (Lipinski definition) is 5. The first-order valence-corrected chi connectivity index (χ1v) is 6.03. The Labute approximate surface area is 99.9 Å². The molecule has 2 aromatic heterocycles. The van der Waals surface area contributed by atoms with Crippen LogP contribution in [-0.2, 0) is 6.54 Å². The molecule has 15 heavy (non-hydrogen) atoms. The summed E-state index contributed by atoms with van der Waals surface area (Å²) in [5, 5.41) is 3.14. The average molecular weight is 285 g/mol. The molecule has 4 nitrogen and oxygen atoms in total. The van der Waals surface area contributed by atoms with Crippen LogP contribution in [0.5, 0.6) is 0 Å². The zero-order valence-corrected chi connectivity index (χ0v) is 10.5. The van der Waals surface area contributed by atoms with Gasteiger partial charge in [0.25, 0.3) is 0 Å². The van der Waals surface area contributed by atoms with Gasteiger partial charge in [-0.3, -0.25) is 4.98 Å². The number of thiazole rings is 1. The molecule has 0 bridgehead atoms. The van der Waals surface area contributed by atoms with Gasteiger partial charge in [0.15, 0.2) is 0 Å². The Bertz CT molecular complexity index is 443. The van der Waals surface area contributed by atoms with Crippen LogP contribution >= 0.6 is 27.3 Å². The molecule has 2 heterocycles. The van der Waals surface area contributed by atoms with Crippen LogP contribution in [0.4, 0.5) is 5.95 Å². The Morgan fingerprint density at radius 2 is 2.33 bits per heavy atom. The minimum Gasteiger partial charge on any atom is -0.349 e. The summed E-state index contributed by atoms with van der Waals surface area (Å²) in [4.78, 5) is 13.6. The molecular weight excluding hydrogens is 276 g/mol. The standard InChI is InChI=1S/C9H9BrN4S/c1-6-8(10)4-13-9(14-6)12-3-7-2-11-5-15-7/h2,4-5H,3H2,1H3,(H,12,13,14). The van der Waals surface area contributed by atoms with Crippen molar-refractivity contribution >= 4 is 33.2 Å². The second-order valence-corrected chi connectivity index (χ2v) is 4.77. The molecule has 6 heteroatoms. The molecule has 0 amide bonds. The molecule has 0 fully saturated rings. The highest BCUT2D eigenvalue weighted by Crippen LogP contribution is 2.14. The number of halogens is 1. The Balaban J connectivity index is 2.02. The maximum absolute atomic E-state index is 4.29. The van der Waals surface area contributed by atoms with Crippen molar-refractivity contribution in [1.29, 1.82) is 0 Å². The van der Waals surface area contributed by atoms with Gasteiger partial charge in [0.2, 0.25) is 5.95 Å². The van der Waals surface area contributed by atoms with E-state index < -0.39 is 0 Å². The van der Waals surface area contributed by atoms with E-state index in [0.29, 0.717) is 12.5 Å². The van der Waals surface area contributed by atoms with Crippen molar-refractivity contribution in [2.45, 2.75) is 13.5 Å². The number of aromatic nitrogens is 3. The molecule has 1 N–H and O–H groups in total. The van der Waals surface area contributed by atoms with Gasteiger partial charge in [-0.05, 0) is 22.9 Å². The monoisotopic (exact) mass is 284 g/mol. The largest absolute Gasteiger partial charge is 0.349 e. The van der Waals surface area contributed by atoms with E-state index in [2.05, 4.69) is 36.2 Å². The molecule has 0 radical (unpaired) electrons. The summed E-state index contributed by atoms with van der Waals surface area (Å²) in [6.07, 6.45) is 3.58. The average Bonchev–Trinajstić information content (AvgIpc) is 2.73. The van der Waals surface area contributed by atoms with Crippen molar-refractivity contribution < 1.29 is 0 Å². The Hall–Kier alpha value is -1.01. The van der Waals surface area contributed by atoms with Gasteiger partial charge in [0, 0.05) is 17.3 Å². The Morgan fingerprint density at radius 1 is 1.47 bits per heavy atom. The summed E-state index contributed by atoms with van der Waals surface area (Å²) in [6, 6.07) is 0. The summed E-state index contributed by atoms with van der Waals surface area (Å²) in [6.45, 7) is 2.65. The van der Waals surface area contributed by atoms with Crippen molar-refractivity contribution in [2.75, 3.05) is 5.32 Å². The van der Waals surface area contributed by atoms with Crippen LogP contribution in [-0.4, -0.2) is 15.0 Å². The van der Waals surface area contributed by atoms with Crippen molar-refractivity contribution in [3.8, 4) is 0 Å². The summed E-state index contributed by atoms with van der Waals surface area (Å²) < 4.78 is 0.922. The van der Waals surface area contributed by atoms with Gasteiger partial charge < -0.3 is 5.32 Å². The second-order valence-electron chi connectivity index (χ2n) is 2.95. The highest BCUT2D eigenvalue weighted by Gasteiger charge is 2.00. The lowest BCUT2D eigenvalue weighted by molar-refractivity contribution is 1.03. The maximum atomic E-state index is 4.29. The third-order valence-corrected chi connectivity index (χ3v) is 3.38. The molecule has 0 saturated heterocycles. The van der Waals surface area contributed by atoms with Gasteiger partial charge >= 0.3 is 0 Å². The fraction of sp³-hybridized carbons (Fsp3) is 0.222. The molecule has 0 atom stereocenters. The van der Waals surface area contributed by atoms with E-state index in [4.69, 9.17) is 0 Å². The lowest BCUT2D eigenvalue weighted by Crippen LogP contribution is -2.03. The third-order valence-electron chi connectivity index (χ3n) is 1.82. The van der Waals surface area contributed by atoms with E-state index in [-0.39, 0.29) is 0 Å². The van der Waals surface area contributed by atoms with E-state index in [1.165, 1.54) is 4.88 Å². The molecule has 0 aromatic carbocycles. The number of aryl methyl sites for hydroxylation is 1. The predicted octanol–water partition coefficient (Wildman–Crippen LogP) is 2.62. The number of nitrogens with zero attached hydrogens (tertiary/aromatic N) is 3. The van der Waals surface area contributed by atoms with Crippen molar-refractivity contribution in [3.63, 3.8) is 0 Å². The normalized spacial score (nSPS) is 10.3. The summed E-state index contributed by atoms with van der Waals surface area (Å²) >= 11 is 4.97. The first-order chi connectivity index (χ1) is 7.25. The number of nitrogens with one attached hydrogen (secondary N) is 1. The molecule has 0 saturated carbocycles. The van der Waals surface area contributed by atoms with Crippen molar-refractivity contribution in [1.82, 2.24) is 15.0 Å². The SMILES string of the molecule is Cc1nc(NCc2cncs2)ncc1Br. The zero-order chi connectivity index (χ0) is 10.7. The van der Waals surface area contributed by atoms with Gasteiger partial charge in [0.05, 0.1) is 22.2 Å². The van der Waals surface area contributed by atoms with Gasteiger partial charge in [-0.1, -0.05) is 0 Å². The number of anilines is 1. The molecule has 2 rings (SSSR count). The number of rotatable bonds is 3. The van der Waals surface area contributed by atoms with Crippen molar-refractivity contribution in [3.05, 3.63) is 32.9 Å². The maximum Gasteiger partial charge on any atom is 0.223 e. The quantitative estimate of drug-likeness (QED) is 0.941. The minimum absolute atomic E-state index is 0.643. The van der Waals surface area contributed by atoms with Gasteiger partial charge in [-0.15, -0.1) is 11.3 Å². The summed E-state index contributed by atoms with van der Waals surface area (Å²) in [7, 11) is 0. The van der Waals surface area contributed by atoms with Crippen LogP contribution in [0, 0.1) is 6.92 Å². The minimum atomic E-state index is 0.643. The van der Waals surface area contributed by atoms with Crippen LogP contribution in [0.3, 0.4) is 0 Å². The van der Waals surface area contributed by atoms with Crippen LogP contribution in [0.2, 0.25) is 0 Å². The predicted molar refractivity (Wildman–Crippen MR) is 63.9 cm³/mol. The van der Waals surface area contributed by atoms with E-state index in [1.54, 1.807) is 17.5 Å². The summed E-state index contributed by atoms with van der Waals surface area (Å²) in [5.41, 5.74) is 2.74. The third kappa shape index (κ3) is 2.73. The molecule has 0 aliphatic carbocycles. The molecule has 0 aliphatic heterocycles. The molecule has 0 spiro atoms. The van der Waals surface area contributed by atoms with E-state index in [0.717, 1.165) is 10.2 Å². The first kappa shape index (κ1) is 10.5. The van der Waals surface area contributed by atoms with Crippen LogP contribution in [0.15, 0.2) is 22.4 Å². The lowest BCUT2D eigenvalue weighted by Gasteiger charge is -2.03. The topological polar surface area (TPSA) is 50.7 Å². The molecule has 0 aliphatic rings. The zero-order valence-electron chi connectivity index (χ0n) is 8.07. The molecular formula is C9H9BrN4S. The van der Waals surface area contributed by atoms with E-state index >= 15 is 0 Å². The lowest BCUT2D eigenvalue weighted by atomic mass is 10.4. The second kappa shape index (κ2) is 4.67. The van der Waals surface area contributed by atoms with Crippen molar-refractivity contribution in [2.24, 2.45) is 0 Å². The summed E-state index contributed by atoms with van der Waals surface area (Å²) in [5.74, 6) is 0.643. The van der Waals surface area contributed by atoms with Crippen LogP contribution < -0.4 is 5.32 Å². The van der Waals surface area contributed by atoms with Gasteiger partial charge in [-0.25, -0.2) is 9.97 Å². The van der Waals surface area contributed by atoms with E-state index in [9.17, 15) is 0 Å². The smallest absolute Gasteiger partial charge is 0.223 e. The molecule has 2 aromatic rings. The van der Waals surface area contributed by atoms with Crippen LogP contribution in [0.25, 0.3) is 0 Å². The first-order valence-electron chi connectivity index (χ1n) is 4.36. The molecule has 0 unspecified atom stereocenters. The fourth-order valence-electron chi connectivity index (χ4n) is 1.03. The highest BCUT2D eigenvalue weighted by molar-refractivity contribution is 9.10.